The van der Waals surface area contributed by atoms with Crippen molar-refractivity contribution < 1.29 is 0 Å². The summed E-state index contributed by atoms with van der Waals surface area (Å²) in [6.07, 6.45) is 0. The quantitative estimate of drug-likeness (QED) is 0.763. The second kappa shape index (κ2) is 4.77. The standard InChI is InChI=1S/C14H24N2/c1-10-6-7-12(15)13(8-10)16-9-11(2)14(3,4)5/h6-8,11,16H,9,15H2,1-5H3. The van der Waals surface area contributed by atoms with Gasteiger partial charge in [-0.1, -0.05) is 33.8 Å². The first kappa shape index (κ1) is 12.9. The predicted molar refractivity (Wildman–Crippen MR) is 72.7 cm³/mol. The fraction of sp³-hybridized carbons (Fsp3) is 0.571. The van der Waals surface area contributed by atoms with E-state index in [0.717, 1.165) is 17.9 Å². The van der Waals surface area contributed by atoms with Crippen LogP contribution in [0.4, 0.5) is 11.4 Å². The maximum Gasteiger partial charge on any atom is 0.0576 e. The molecule has 1 unspecified atom stereocenters. The molecule has 1 aromatic carbocycles. The third-order valence-electron chi connectivity index (χ3n) is 3.29. The van der Waals surface area contributed by atoms with Crippen LogP contribution in [-0.4, -0.2) is 6.54 Å². The molecule has 0 bridgehead atoms. The summed E-state index contributed by atoms with van der Waals surface area (Å²) in [5, 5.41) is 3.44. The van der Waals surface area contributed by atoms with Crippen LogP contribution in [0, 0.1) is 18.3 Å². The lowest BCUT2D eigenvalue weighted by atomic mass is 9.82. The van der Waals surface area contributed by atoms with E-state index in [1.54, 1.807) is 0 Å². The zero-order valence-corrected chi connectivity index (χ0v) is 11.1. The number of hydrogen-bond donors (Lipinski definition) is 2. The van der Waals surface area contributed by atoms with E-state index in [2.05, 4.69) is 46.0 Å². The molecule has 3 N–H and O–H groups in total. The van der Waals surface area contributed by atoms with Gasteiger partial charge in [0.05, 0.1) is 11.4 Å². The highest BCUT2D eigenvalue weighted by Crippen LogP contribution is 2.27. The summed E-state index contributed by atoms with van der Waals surface area (Å²) in [6.45, 7) is 12.1. The van der Waals surface area contributed by atoms with Gasteiger partial charge in [-0.3, -0.25) is 0 Å². The molecule has 2 nitrogen and oxygen atoms in total. The van der Waals surface area contributed by atoms with Gasteiger partial charge in [-0.25, -0.2) is 0 Å². The molecular formula is C14H24N2. The minimum atomic E-state index is 0.325. The third kappa shape index (κ3) is 3.44. The fourth-order valence-corrected chi connectivity index (χ4v) is 1.39. The average Bonchev–Trinajstić information content (AvgIpc) is 2.17. The highest BCUT2D eigenvalue weighted by atomic mass is 14.9. The minimum Gasteiger partial charge on any atom is -0.397 e. The summed E-state index contributed by atoms with van der Waals surface area (Å²) in [5.74, 6) is 0.604. The fourth-order valence-electron chi connectivity index (χ4n) is 1.39. The SMILES string of the molecule is Cc1ccc(N)c(NCC(C)C(C)(C)C)c1. The Morgan fingerprint density at radius 2 is 1.94 bits per heavy atom. The van der Waals surface area contributed by atoms with E-state index in [9.17, 15) is 0 Å². The lowest BCUT2D eigenvalue weighted by Gasteiger charge is -2.28. The summed E-state index contributed by atoms with van der Waals surface area (Å²) >= 11 is 0. The number of rotatable bonds is 3. The first-order chi connectivity index (χ1) is 7.30. The van der Waals surface area contributed by atoms with Crippen LogP contribution < -0.4 is 11.1 Å². The first-order valence-electron chi connectivity index (χ1n) is 5.90. The molecule has 0 aromatic heterocycles. The number of nitrogens with two attached hydrogens (primary N) is 1. The molecule has 0 amide bonds. The van der Waals surface area contributed by atoms with E-state index in [-0.39, 0.29) is 0 Å². The van der Waals surface area contributed by atoms with E-state index in [4.69, 9.17) is 5.73 Å². The Morgan fingerprint density at radius 1 is 1.31 bits per heavy atom. The van der Waals surface area contributed by atoms with Crippen molar-refractivity contribution in [2.45, 2.75) is 34.6 Å². The molecule has 1 atom stereocenters. The Balaban J connectivity index is 2.64. The van der Waals surface area contributed by atoms with Crippen molar-refractivity contribution in [3.63, 3.8) is 0 Å². The Hall–Kier alpha value is -1.18. The second-order valence-electron chi connectivity index (χ2n) is 5.74. The summed E-state index contributed by atoms with van der Waals surface area (Å²) in [7, 11) is 0. The largest absolute Gasteiger partial charge is 0.397 e. The van der Waals surface area contributed by atoms with E-state index in [1.165, 1.54) is 5.56 Å². The summed E-state index contributed by atoms with van der Waals surface area (Å²) < 4.78 is 0. The number of anilines is 2. The van der Waals surface area contributed by atoms with Crippen LogP contribution in [0.5, 0.6) is 0 Å². The maximum atomic E-state index is 5.92. The van der Waals surface area contributed by atoms with Gasteiger partial charge in [-0.15, -0.1) is 0 Å². The van der Waals surface area contributed by atoms with Gasteiger partial charge in [0.2, 0.25) is 0 Å². The Kier molecular flexibility index (Phi) is 3.84. The van der Waals surface area contributed by atoms with Crippen molar-refractivity contribution in [2.24, 2.45) is 11.3 Å². The molecule has 0 saturated carbocycles. The van der Waals surface area contributed by atoms with Gasteiger partial charge in [0.25, 0.3) is 0 Å². The highest BCUT2D eigenvalue weighted by Gasteiger charge is 2.19. The molecule has 0 radical (unpaired) electrons. The molecule has 0 aliphatic rings. The normalized spacial score (nSPS) is 13.6. The Labute approximate surface area is 99.2 Å². The molecule has 0 fully saturated rings. The average molecular weight is 220 g/mol. The zero-order chi connectivity index (χ0) is 12.3. The van der Waals surface area contributed by atoms with Crippen LogP contribution in [0.3, 0.4) is 0 Å². The van der Waals surface area contributed by atoms with Crippen molar-refractivity contribution in [3.05, 3.63) is 23.8 Å². The van der Waals surface area contributed by atoms with Crippen LogP contribution in [-0.2, 0) is 0 Å². The second-order valence-corrected chi connectivity index (χ2v) is 5.74. The molecule has 0 aliphatic heterocycles. The van der Waals surface area contributed by atoms with Crippen LogP contribution in [0.2, 0.25) is 0 Å². The molecule has 90 valence electrons. The molecule has 0 heterocycles. The van der Waals surface area contributed by atoms with Crippen LogP contribution in [0.1, 0.15) is 33.3 Å². The van der Waals surface area contributed by atoms with E-state index >= 15 is 0 Å². The van der Waals surface area contributed by atoms with E-state index in [1.807, 2.05) is 12.1 Å². The molecular weight excluding hydrogens is 196 g/mol. The molecule has 0 spiro atoms. The van der Waals surface area contributed by atoms with Gasteiger partial charge in [0, 0.05) is 6.54 Å². The lowest BCUT2D eigenvalue weighted by molar-refractivity contribution is 0.274. The van der Waals surface area contributed by atoms with Gasteiger partial charge < -0.3 is 11.1 Å². The molecule has 1 rings (SSSR count). The van der Waals surface area contributed by atoms with Crippen molar-refractivity contribution in [3.8, 4) is 0 Å². The van der Waals surface area contributed by atoms with Gasteiger partial charge in [0.15, 0.2) is 0 Å². The predicted octanol–water partition coefficient (Wildman–Crippen LogP) is 3.67. The Bertz CT molecular complexity index is 350. The monoisotopic (exact) mass is 220 g/mol. The number of nitrogen functional groups attached to an aromatic ring is 1. The molecule has 2 heteroatoms. The van der Waals surface area contributed by atoms with Gasteiger partial charge >= 0.3 is 0 Å². The third-order valence-corrected chi connectivity index (χ3v) is 3.29. The number of aryl methyl sites for hydroxylation is 1. The number of hydrogen-bond acceptors (Lipinski definition) is 2. The first-order valence-corrected chi connectivity index (χ1v) is 5.90. The molecule has 1 aromatic rings. The topological polar surface area (TPSA) is 38.0 Å². The van der Waals surface area contributed by atoms with Crippen molar-refractivity contribution >= 4 is 11.4 Å². The van der Waals surface area contributed by atoms with Gasteiger partial charge in [-0.05, 0) is 36.0 Å². The Morgan fingerprint density at radius 3 is 2.50 bits per heavy atom. The molecule has 16 heavy (non-hydrogen) atoms. The van der Waals surface area contributed by atoms with E-state index < -0.39 is 0 Å². The number of benzene rings is 1. The van der Waals surface area contributed by atoms with E-state index in [0.29, 0.717) is 11.3 Å². The minimum absolute atomic E-state index is 0.325. The lowest BCUT2D eigenvalue weighted by Crippen LogP contribution is -2.25. The maximum absolute atomic E-state index is 5.92. The van der Waals surface area contributed by atoms with Crippen molar-refractivity contribution in [1.82, 2.24) is 0 Å². The van der Waals surface area contributed by atoms with Crippen molar-refractivity contribution in [2.75, 3.05) is 17.6 Å². The van der Waals surface area contributed by atoms with Crippen LogP contribution in [0.25, 0.3) is 0 Å². The smallest absolute Gasteiger partial charge is 0.0576 e. The molecule has 0 saturated heterocycles. The van der Waals surface area contributed by atoms with Crippen LogP contribution in [0.15, 0.2) is 18.2 Å². The van der Waals surface area contributed by atoms with Crippen molar-refractivity contribution in [1.29, 1.82) is 0 Å². The van der Waals surface area contributed by atoms with Crippen LogP contribution >= 0.6 is 0 Å². The zero-order valence-electron chi connectivity index (χ0n) is 11.1. The highest BCUT2D eigenvalue weighted by molar-refractivity contribution is 5.66. The van der Waals surface area contributed by atoms with Gasteiger partial charge in [0.1, 0.15) is 0 Å². The molecule has 0 aliphatic carbocycles. The summed E-state index contributed by atoms with van der Waals surface area (Å²) in [4.78, 5) is 0. The summed E-state index contributed by atoms with van der Waals surface area (Å²) in [5.41, 5.74) is 9.36. The number of nitrogens with one attached hydrogen (secondary N) is 1. The van der Waals surface area contributed by atoms with Gasteiger partial charge in [-0.2, -0.15) is 0 Å². The summed E-state index contributed by atoms with van der Waals surface area (Å²) in [6, 6.07) is 6.10.